The standard InChI is InChI=1S/C10H12F3NO2S/c1-7-3-4-8(2)9(5-7)17(15,16)14-6-10(11,12)13/h3-5,14H,6H2,1-2H3. The molecule has 1 aromatic carbocycles. The van der Waals surface area contributed by atoms with E-state index in [2.05, 4.69) is 0 Å². The van der Waals surface area contributed by atoms with Gasteiger partial charge in [-0.25, -0.2) is 13.1 Å². The van der Waals surface area contributed by atoms with Crippen LogP contribution < -0.4 is 4.72 Å². The van der Waals surface area contributed by atoms with E-state index in [-0.39, 0.29) is 4.90 Å². The largest absolute Gasteiger partial charge is 0.402 e. The summed E-state index contributed by atoms with van der Waals surface area (Å²) < 4.78 is 60.7. The van der Waals surface area contributed by atoms with Crippen molar-refractivity contribution in [3.05, 3.63) is 29.3 Å². The lowest BCUT2D eigenvalue weighted by molar-refractivity contribution is -0.121. The number of hydrogen-bond donors (Lipinski definition) is 1. The van der Waals surface area contributed by atoms with Crippen molar-refractivity contribution in [1.29, 1.82) is 0 Å². The van der Waals surface area contributed by atoms with Gasteiger partial charge in [0.05, 0.1) is 4.90 Å². The molecule has 0 fully saturated rings. The van der Waals surface area contributed by atoms with Crippen molar-refractivity contribution < 1.29 is 21.6 Å². The number of halogens is 3. The molecule has 0 atom stereocenters. The predicted molar refractivity (Wildman–Crippen MR) is 57.2 cm³/mol. The minimum Gasteiger partial charge on any atom is -0.207 e. The molecule has 0 heterocycles. The fourth-order valence-corrected chi connectivity index (χ4v) is 2.59. The van der Waals surface area contributed by atoms with E-state index in [0.717, 1.165) is 0 Å². The summed E-state index contributed by atoms with van der Waals surface area (Å²) in [4.78, 5) is -0.123. The highest BCUT2D eigenvalue weighted by molar-refractivity contribution is 7.89. The first-order chi connectivity index (χ1) is 7.62. The fraction of sp³-hybridized carbons (Fsp3) is 0.400. The Labute approximate surface area is 97.7 Å². The van der Waals surface area contributed by atoms with Crippen molar-refractivity contribution in [2.75, 3.05) is 6.54 Å². The third kappa shape index (κ3) is 4.01. The molecule has 17 heavy (non-hydrogen) atoms. The van der Waals surface area contributed by atoms with E-state index in [9.17, 15) is 21.6 Å². The first-order valence-electron chi connectivity index (χ1n) is 4.75. The summed E-state index contributed by atoms with van der Waals surface area (Å²) in [6.07, 6.45) is -4.56. The highest BCUT2D eigenvalue weighted by Gasteiger charge is 2.30. The van der Waals surface area contributed by atoms with Gasteiger partial charge in [0, 0.05) is 0 Å². The topological polar surface area (TPSA) is 46.2 Å². The maximum absolute atomic E-state index is 12.0. The second-order valence-electron chi connectivity index (χ2n) is 3.71. The van der Waals surface area contributed by atoms with Crippen molar-refractivity contribution in [1.82, 2.24) is 4.72 Å². The second-order valence-corrected chi connectivity index (χ2v) is 5.44. The van der Waals surface area contributed by atoms with Crippen LogP contribution in [-0.2, 0) is 10.0 Å². The summed E-state index contributed by atoms with van der Waals surface area (Å²) in [6, 6.07) is 4.59. The molecule has 0 amide bonds. The van der Waals surface area contributed by atoms with Crippen molar-refractivity contribution >= 4 is 10.0 Å². The van der Waals surface area contributed by atoms with Gasteiger partial charge in [0.15, 0.2) is 0 Å². The molecule has 0 aliphatic heterocycles. The zero-order chi connectivity index (χ0) is 13.3. The van der Waals surface area contributed by atoms with Crippen LogP contribution in [0.2, 0.25) is 0 Å². The Bertz CT molecular complexity index is 509. The minimum atomic E-state index is -4.56. The van der Waals surface area contributed by atoms with Crippen LogP contribution in [0.3, 0.4) is 0 Å². The van der Waals surface area contributed by atoms with E-state index in [0.29, 0.717) is 11.1 Å². The van der Waals surface area contributed by atoms with E-state index in [1.807, 2.05) is 0 Å². The molecule has 0 saturated carbocycles. The number of benzene rings is 1. The average Bonchev–Trinajstić information content (AvgIpc) is 2.18. The van der Waals surface area contributed by atoms with Crippen molar-refractivity contribution in [2.24, 2.45) is 0 Å². The lowest BCUT2D eigenvalue weighted by Crippen LogP contribution is -2.34. The first-order valence-corrected chi connectivity index (χ1v) is 6.24. The summed E-state index contributed by atoms with van der Waals surface area (Å²) in [5.74, 6) is 0. The van der Waals surface area contributed by atoms with Crippen LogP contribution in [0.15, 0.2) is 23.1 Å². The van der Waals surface area contributed by atoms with E-state index in [1.165, 1.54) is 17.7 Å². The molecule has 0 aliphatic rings. The van der Waals surface area contributed by atoms with Gasteiger partial charge >= 0.3 is 6.18 Å². The maximum Gasteiger partial charge on any atom is 0.402 e. The van der Waals surface area contributed by atoms with Gasteiger partial charge in [-0.2, -0.15) is 13.2 Å². The van der Waals surface area contributed by atoms with Gasteiger partial charge < -0.3 is 0 Å². The van der Waals surface area contributed by atoms with Crippen molar-refractivity contribution in [3.8, 4) is 0 Å². The van der Waals surface area contributed by atoms with E-state index in [1.54, 1.807) is 19.1 Å². The summed E-state index contributed by atoms with van der Waals surface area (Å²) in [5, 5.41) is 0. The lowest BCUT2D eigenvalue weighted by atomic mass is 10.2. The van der Waals surface area contributed by atoms with Gasteiger partial charge in [0.25, 0.3) is 0 Å². The van der Waals surface area contributed by atoms with Gasteiger partial charge in [-0.15, -0.1) is 0 Å². The Morgan fingerprint density at radius 2 is 1.82 bits per heavy atom. The van der Waals surface area contributed by atoms with Gasteiger partial charge in [0.2, 0.25) is 10.0 Å². The zero-order valence-electron chi connectivity index (χ0n) is 9.30. The highest BCUT2D eigenvalue weighted by Crippen LogP contribution is 2.18. The number of hydrogen-bond acceptors (Lipinski definition) is 2. The molecule has 0 aromatic heterocycles. The smallest absolute Gasteiger partial charge is 0.207 e. The molecular formula is C10H12F3NO2S. The van der Waals surface area contributed by atoms with Gasteiger partial charge in [-0.05, 0) is 31.0 Å². The van der Waals surface area contributed by atoms with Gasteiger partial charge in [-0.1, -0.05) is 12.1 Å². The number of sulfonamides is 1. The third-order valence-corrected chi connectivity index (χ3v) is 3.64. The van der Waals surface area contributed by atoms with E-state index >= 15 is 0 Å². The lowest BCUT2D eigenvalue weighted by Gasteiger charge is -2.11. The molecule has 96 valence electrons. The van der Waals surface area contributed by atoms with Crippen LogP contribution in [-0.4, -0.2) is 21.1 Å². The third-order valence-electron chi connectivity index (χ3n) is 2.10. The SMILES string of the molecule is Cc1ccc(C)c(S(=O)(=O)NCC(F)(F)F)c1. The first kappa shape index (κ1) is 14.0. The zero-order valence-corrected chi connectivity index (χ0v) is 10.1. The Balaban J connectivity index is 3.02. The Morgan fingerprint density at radius 3 is 2.35 bits per heavy atom. The quantitative estimate of drug-likeness (QED) is 0.912. The van der Waals surface area contributed by atoms with Gasteiger partial charge in [0.1, 0.15) is 6.54 Å². The van der Waals surface area contributed by atoms with Crippen LogP contribution >= 0.6 is 0 Å². The van der Waals surface area contributed by atoms with Gasteiger partial charge in [-0.3, -0.25) is 0 Å². The van der Waals surface area contributed by atoms with Crippen LogP contribution in [0, 0.1) is 13.8 Å². The fourth-order valence-electron chi connectivity index (χ4n) is 1.25. The monoisotopic (exact) mass is 267 g/mol. The Hall–Kier alpha value is -1.08. The molecule has 7 heteroatoms. The number of aryl methyl sites for hydroxylation is 2. The molecule has 3 nitrogen and oxygen atoms in total. The minimum absolute atomic E-state index is 0.123. The summed E-state index contributed by atoms with van der Waals surface area (Å²) in [6.45, 7) is 1.63. The van der Waals surface area contributed by atoms with E-state index < -0.39 is 22.7 Å². The number of nitrogens with one attached hydrogen (secondary N) is 1. The van der Waals surface area contributed by atoms with Crippen LogP contribution in [0.25, 0.3) is 0 Å². The predicted octanol–water partition coefficient (Wildman–Crippen LogP) is 2.14. The summed E-state index contributed by atoms with van der Waals surface area (Å²) in [7, 11) is -4.12. The van der Waals surface area contributed by atoms with Crippen molar-refractivity contribution in [3.63, 3.8) is 0 Å². The molecule has 1 aromatic rings. The average molecular weight is 267 g/mol. The number of rotatable bonds is 3. The molecule has 0 aliphatic carbocycles. The van der Waals surface area contributed by atoms with Crippen LogP contribution in [0.4, 0.5) is 13.2 Å². The molecule has 0 spiro atoms. The van der Waals surface area contributed by atoms with Crippen molar-refractivity contribution in [2.45, 2.75) is 24.9 Å². The number of alkyl halides is 3. The second kappa shape index (κ2) is 4.66. The van der Waals surface area contributed by atoms with Crippen LogP contribution in [0.5, 0.6) is 0 Å². The molecule has 0 bridgehead atoms. The maximum atomic E-state index is 12.0. The Kier molecular flexibility index (Phi) is 3.83. The summed E-state index contributed by atoms with van der Waals surface area (Å²) in [5.41, 5.74) is 1.08. The molecule has 1 rings (SSSR count). The highest BCUT2D eigenvalue weighted by atomic mass is 32.2. The molecule has 0 saturated heterocycles. The molecule has 0 radical (unpaired) electrons. The van der Waals surface area contributed by atoms with Crippen LogP contribution in [0.1, 0.15) is 11.1 Å². The molecule has 1 N–H and O–H groups in total. The summed E-state index contributed by atoms with van der Waals surface area (Å²) >= 11 is 0. The van der Waals surface area contributed by atoms with E-state index in [4.69, 9.17) is 0 Å². The Morgan fingerprint density at radius 1 is 1.24 bits per heavy atom. The molecule has 0 unspecified atom stereocenters. The normalized spacial score (nSPS) is 12.8. The molecular weight excluding hydrogens is 255 g/mol.